The lowest BCUT2D eigenvalue weighted by Crippen LogP contribution is -2.59. The minimum absolute atomic E-state index is 0.0771. The molecule has 0 bridgehead atoms. The molecular formula is C22H30F2N2O4S2. The van der Waals surface area contributed by atoms with Gasteiger partial charge in [-0.3, -0.25) is 4.90 Å². The Kier molecular flexibility index (Phi) is 7.90. The van der Waals surface area contributed by atoms with E-state index >= 15 is 0 Å². The summed E-state index contributed by atoms with van der Waals surface area (Å²) < 4.78 is 35.9. The van der Waals surface area contributed by atoms with Crippen LogP contribution in [-0.4, -0.2) is 52.9 Å². The average molecular weight is 489 g/mol. The van der Waals surface area contributed by atoms with Gasteiger partial charge in [0.25, 0.3) is 0 Å². The van der Waals surface area contributed by atoms with Crippen LogP contribution in [0.2, 0.25) is 0 Å². The van der Waals surface area contributed by atoms with Crippen molar-refractivity contribution in [2.45, 2.75) is 59.3 Å². The molecule has 2 aromatic heterocycles. The molecule has 0 unspecified atom stereocenters. The molecule has 1 aliphatic heterocycles. The van der Waals surface area contributed by atoms with Crippen LogP contribution in [0.1, 0.15) is 45.4 Å². The number of hydrogen-bond donors (Lipinski definition) is 1. The van der Waals surface area contributed by atoms with E-state index in [1.54, 1.807) is 11.6 Å². The van der Waals surface area contributed by atoms with E-state index in [4.69, 9.17) is 4.74 Å². The number of carboxylic acid groups (broad SMARTS) is 1. The van der Waals surface area contributed by atoms with Crippen LogP contribution in [0.25, 0.3) is 9.88 Å². The lowest BCUT2D eigenvalue weighted by Gasteiger charge is -2.47. The first-order valence-corrected chi connectivity index (χ1v) is 12.3. The summed E-state index contributed by atoms with van der Waals surface area (Å²) in [6.07, 6.45) is 2.94. The Hall–Kier alpha value is -1.62. The number of ether oxygens (including phenoxy) is 2. The van der Waals surface area contributed by atoms with Gasteiger partial charge in [0.2, 0.25) is 0 Å². The Morgan fingerprint density at radius 3 is 2.81 bits per heavy atom. The number of thiophene rings is 1. The zero-order chi connectivity index (χ0) is 23.5. The molecule has 178 valence electrons. The fourth-order valence-corrected chi connectivity index (χ4v) is 5.81. The van der Waals surface area contributed by atoms with Gasteiger partial charge < -0.3 is 14.6 Å². The second-order valence-corrected chi connectivity index (χ2v) is 11.2. The van der Waals surface area contributed by atoms with Crippen molar-refractivity contribution in [2.75, 3.05) is 19.7 Å². The molecule has 0 saturated carbocycles. The first-order valence-electron chi connectivity index (χ1n) is 10.6. The molecule has 6 nitrogen and oxygen atoms in total. The van der Waals surface area contributed by atoms with E-state index in [9.17, 15) is 18.7 Å². The van der Waals surface area contributed by atoms with Gasteiger partial charge in [-0.05, 0) is 35.6 Å². The van der Waals surface area contributed by atoms with Gasteiger partial charge in [0.05, 0.1) is 0 Å². The third kappa shape index (κ3) is 5.84. The second kappa shape index (κ2) is 10.1. The fraction of sp³-hybridized carbons (Fsp3) is 0.636. The SMILES string of the molecule is CCCO[C@@]1(C(=O)O)C[C@@H](C(C)(C)C)CN(Cc2cnc(-c3sccc3OC(F)F)s2)C1. The number of nitrogens with zero attached hydrogens (tertiary/aromatic N) is 2. The Labute approximate surface area is 195 Å². The van der Waals surface area contributed by atoms with Crippen LogP contribution >= 0.6 is 22.7 Å². The van der Waals surface area contributed by atoms with Gasteiger partial charge in [-0.2, -0.15) is 8.78 Å². The van der Waals surface area contributed by atoms with Gasteiger partial charge in [-0.15, -0.1) is 22.7 Å². The van der Waals surface area contributed by atoms with E-state index in [0.29, 0.717) is 36.0 Å². The van der Waals surface area contributed by atoms with E-state index < -0.39 is 18.2 Å². The third-order valence-corrected chi connectivity index (χ3v) is 7.73. The molecule has 0 aliphatic carbocycles. The smallest absolute Gasteiger partial charge is 0.387 e. The number of aliphatic carboxylic acids is 1. The van der Waals surface area contributed by atoms with Crippen LogP contribution in [0, 0.1) is 11.3 Å². The van der Waals surface area contributed by atoms with Gasteiger partial charge >= 0.3 is 12.6 Å². The number of likely N-dealkylation sites (tertiary alicyclic amines) is 1. The molecule has 3 rings (SSSR count). The number of aromatic nitrogens is 1. The van der Waals surface area contributed by atoms with Gasteiger partial charge in [0.1, 0.15) is 15.6 Å². The van der Waals surface area contributed by atoms with Gasteiger partial charge in [-0.25, -0.2) is 9.78 Å². The van der Waals surface area contributed by atoms with Crippen molar-refractivity contribution in [3.8, 4) is 15.6 Å². The Morgan fingerprint density at radius 2 is 2.19 bits per heavy atom. The summed E-state index contributed by atoms with van der Waals surface area (Å²) in [4.78, 5) is 20.3. The molecule has 1 N–H and O–H groups in total. The number of hydrogen-bond acceptors (Lipinski definition) is 7. The maximum atomic E-state index is 12.7. The lowest BCUT2D eigenvalue weighted by atomic mass is 9.71. The van der Waals surface area contributed by atoms with Crippen LogP contribution in [-0.2, 0) is 16.1 Å². The topological polar surface area (TPSA) is 71.9 Å². The molecule has 0 aromatic carbocycles. The summed E-state index contributed by atoms with van der Waals surface area (Å²) in [6, 6.07) is 1.51. The highest BCUT2D eigenvalue weighted by atomic mass is 32.1. The standard InChI is InChI=1S/C22H30F2N2O4S2/c1-5-7-29-22(19(27)28)9-14(21(2,3)4)11-26(13-22)12-15-10-25-18(32-15)17-16(6-8-31-17)30-20(23)24/h6,8,10,14,20H,5,7,9,11-13H2,1-4H3,(H,27,28)/t14-,22+/m1/s1. The van der Waals surface area contributed by atoms with Crippen LogP contribution in [0.3, 0.4) is 0 Å². The van der Waals surface area contributed by atoms with Crippen molar-refractivity contribution >= 4 is 28.6 Å². The molecule has 2 atom stereocenters. The Balaban J connectivity index is 1.81. The monoisotopic (exact) mass is 488 g/mol. The highest BCUT2D eigenvalue weighted by Crippen LogP contribution is 2.41. The highest BCUT2D eigenvalue weighted by molar-refractivity contribution is 7.21. The summed E-state index contributed by atoms with van der Waals surface area (Å²) in [7, 11) is 0. The molecule has 0 spiro atoms. The Morgan fingerprint density at radius 1 is 1.44 bits per heavy atom. The normalized spacial score (nSPS) is 22.4. The maximum Gasteiger partial charge on any atom is 0.387 e. The summed E-state index contributed by atoms with van der Waals surface area (Å²) in [6.45, 7) is 7.41. The third-order valence-electron chi connectivity index (χ3n) is 5.70. The van der Waals surface area contributed by atoms with E-state index in [-0.39, 0.29) is 17.1 Å². The second-order valence-electron chi connectivity index (χ2n) is 9.21. The number of alkyl halides is 2. The summed E-state index contributed by atoms with van der Waals surface area (Å²) >= 11 is 2.70. The number of carbonyl (C=O) groups is 1. The molecule has 10 heteroatoms. The maximum absolute atomic E-state index is 12.7. The van der Waals surface area contributed by atoms with E-state index in [1.807, 2.05) is 6.92 Å². The molecule has 0 radical (unpaired) electrons. The highest BCUT2D eigenvalue weighted by Gasteiger charge is 2.49. The first kappa shape index (κ1) is 25.0. The summed E-state index contributed by atoms with van der Waals surface area (Å²) in [5.41, 5.74) is -1.32. The number of thiazole rings is 1. The molecule has 32 heavy (non-hydrogen) atoms. The molecule has 0 amide bonds. The molecule has 1 fully saturated rings. The zero-order valence-electron chi connectivity index (χ0n) is 18.8. The van der Waals surface area contributed by atoms with Gasteiger partial charge in [0, 0.05) is 37.3 Å². The van der Waals surface area contributed by atoms with Crippen LogP contribution in [0.4, 0.5) is 8.78 Å². The lowest BCUT2D eigenvalue weighted by molar-refractivity contribution is -0.181. The predicted octanol–water partition coefficient (Wildman–Crippen LogP) is 5.59. The molecule has 1 aliphatic rings. The van der Waals surface area contributed by atoms with Crippen LogP contribution in [0.5, 0.6) is 5.75 Å². The van der Waals surface area contributed by atoms with E-state index in [2.05, 4.69) is 35.4 Å². The minimum Gasteiger partial charge on any atom is -0.479 e. The van der Waals surface area contributed by atoms with E-state index in [0.717, 1.165) is 17.8 Å². The number of halogens is 2. The Bertz CT molecular complexity index is 912. The molecular weight excluding hydrogens is 458 g/mol. The largest absolute Gasteiger partial charge is 0.479 e. The van der Waals surface area contributed by atoms with Crippen molar-refractivity contribution in [1.82, 2.24) is 9.88 Å². The van der Waals surface area contributed by atoms with Crippen LogP contribution < -0.4 is 4.74 Å². The van der Waals surface area contributed by atoms with Crippen LogP contribution in [0.15, 0.2) is 17.6 Å². The molecule has 1 saturated heterocycles. The zero-order valence-corrected chi connectivity index (χ0v) is 20.4. The molecule has 3 heterocycles. The summed E-state index contributed by atoms with van der Waals surface area (Å²) in [5, 5.41) is 12.4. The van der Waals surface area contributed by atoms with Crippen molar-refractivity contribution in [3.63, 3.8) is 0 Å². The molecule has 2 aromatic rings. The number of rotatable bonds is 9. The van der Waals surface area contributed by atoms with Gasteiger partial charge in [-0.1, -0.05) is 27.7 Å². The van der Waals surface area contributed by atoms with Crippen molar-refractivity contribution < 1.29 is 28.2 Å². The minimum atomic E-state index is -2.89. The fourth-order valence-electron chi connectivity index (χ4n) is 3.93. The average Bonchev–Trinajstić information content (AvgIpc) is 3.34. The van der Waals surface area contributed by atoms with Crippen molar-refractivity contribution in [2.24, 2.45) is 11.3 Å². The number of piperidine rings is 1. The van der Waals surface area contributed by atoms with Gasteiger partial charge in [0.15, 0.2) is 5.60 Å². The predicted molar refractivity (Wildman–Crippen MR) is 122 cm³/mol. The number of carboxylic acids is 1. The first-order chi connectivity index (χ1) is 15.0. The van der Waals surface area contributed by atoms with Crippen molar-refractivity contribution in [1.29, 1.82) is 0 Å². The van der Waals surface area contributed by atoms with E-state index in [1.165, 1.54) is 28.7 Å². The summed E-state index contributed by atoms with van der Waals surface area (Å²) in [5.74, 6) is -0.670. The quantitative estimate of drug-likeness (QED) is 0.496. The van der Waals surface area contributed by atoms with Crippen molar-refractivity contribution in [3.05, 3.63) is 22.5 Å².